The van der Waals surface area contributed by atoms with Crippen LogP contribution < -0.4 is 10.2 Å². The standard InChI is InChI=1S/C23H25F3N4O3/c1-16-20(22(31)28-29-12-4-2-5-13-29)27-21(30(16)15-19-7-3-6-14-32-19)17-8-10-18(11-9-17)33-23(24,25)26/h2,4-5,8-12,19H,3,6-7,13-15H2,1H3,(H,28,31). The summed E-state index contributed by atoms with van der Waals surface area (Å²) in [5.74, 6) is -0.201. The Labute approximate surface area is 189 Å². The highest BCUT2D eigenvalue weighted by Gasteiger charge is 2.31. The number of nitrogens with zero attached hydrogens (tertiary/aromatic N) is 3. The molecule has 0 radical (unpaired) electrons. The Morgan fingerprint density at radius 1 is 1.24 bits per heavy atom. The first-order chi connectivity index (χ1) is 15.8. The maximum atomic E-state index is 13.0. The highest BCUT2D eigenvalue weighted by atomic mass is 19.4. The van der Waals surface area contributed by atoms with Crippen LogP contribution >= 0.6 is 0 Å². The van der Waals surface area contributed by atoms with E-state index in [9.17, 15) is 18.0 Å². The summed E-state index contributed by atoms with van der Waals surface area (Å²) in [4.78, 5) is 17.5. The SMILES string of the molecule is Cc1c(C(=O)NN2C=CC=CC2)nc(-c2ccc(OC(F)(F)F)cc2)n1CC1CCCCO1. The molecule has 1 fully saturated rings. The number of hydrogen-bond donors (Lipinski definition) is 1. The van der Waals surface area contributed by atoms with Crippen LogP contribution in [-0.2, 0) is 11.3 Å². The number of amides is 1. The Morgan fingerprint density at radius 2 is 2.03 bits per heavy atom. The zero-order valence-corrected chi connectivity index (χ0v) is 18.1. The minimum atomic E-state index is -4.77. The number of allylic oxidation sites excluding steroid dienone is 2. The molecule has 4 rings (SSSR count). The number of nitrogens with one attached hydrogen (secondary N) is 1. The van der Waals surface area contributed by atoms with Crippen molar-refractivity contribution in [2.24, 2.45) is 0 Å². The lowest BCUT2D eigenvalue weighted by Gasteiger charge is -2.24. The van der Waals surface area contributed by atoms with E-state index in [-0.39, 0.29) is 23.5 Å². The number of halogens is 3. The van der Waals surface area contributed by atoms with Crippen LogP contribution in [0.2, 0.25) is 0 Å². The van der Waals surface area contributed by atoms with Crippen LogP contribution in [-0.4, -0.2) is 46.1 Å². The molecule has 1 aromatic heterocycles. The summed E-state index contributed by atoms with van der Waals surface area (Å²) in [5.41, 5.74) is 4.29. The van der Waals surface area contributed by atoms with E-state index in [1.165, 1.54) is 24.3 Å². The number of benzene rings is 1. The van der Waals surface area contributed by atoms with E-state index in [1.54, 1.807) is 18.1 Å². The van der Waals surface area contributed by atoms with Gasteiger partial charge in [0.25, 0.3) is 5.91 Å². The van der Waals surface area contributed by atoms with Crippen LogP contribution in [0.25, 0.3) is 11.4 Å². The maximum absolute atomic E-state index is 13.0. The second-order valence-electron chi connectivity index (χ2n) is 7.90. The lowest BCUT2D eigenvalue weighted by Crippen LogP contribution is -2.39. The van der Waals surface area contributed by atoms with E-state index in [0.29, 0.717) is 36.8 Å². The average Bonchev–Trinajstić information content (AvgIpc) is 3.11. The number of hydrazine groups is 1. The molecule has 7 nitrogen and oxygen atoms in total. The van der Waals surface area contributed by atoms with Crippen molar-refractivity contribution in [1.29, 1.82) is 0 Å². The van der Waals surface area contributed by atoms with E-state index in [4.69, 9.17) is 4.74 Å². The van der Waals surface area contributed by atoms with Crippen molar-refractivity contribution in [2.45, 2.75) is 45.2 Å². The first kappa shape index (κ1) is 22.9. The zero-order chi connectivity index (χ0) is 23.4. The summed E-state index contributed by atoms with van der Waals surface area (Å²) in [6.07, 6.45) is 5.52. The van der Waals surface area contributed by atoms with E-state index in [1.807, 2.05) is 22.8 Å². The van der Waals surface area contributed by atoms with Gasteiger partial charge in [-0.1, -0.05) is 12.2 Å². The largest absolute Gasteiger partial charge is 0.573 e. The molecule has 1 unspecified atom stereocenters. The third kappa shape index (κ3) is 5.75. The molecule has 1 aromatic carbocycles. The molecule has 10 heteroatoms. The van der Waals surface area contributed by atoms with E-state index >= 15 is 0 Å². The highest BCUT2D eigenvalue weighted by molar-refractivity contribution is 5.94. The van der Waals surface area contributed by atoms with Crippen molar-refractivity contribution >= 4 is 5.91 Å². The number of carbonyl (C=O) groups excluding carboxylic acids is 1. The fourth-order valence-corrected chi connectivity index (χ4v) is 3.89. The van der Waals surface area contributed by atoms with E-state index < -0.39 is 6.36 Å². The van der Waals surface area contributed by atoms with Gasteiger partial charge in [-0.3, -0.25) is 15.2 Å². The summed E-state index contributed by atoms with van der Waals surface area (Å²) in [5, 5.41) is 1.65. The Hall–Kier alpha value is -3.27. The van der Waals surface area contributed by atoms with Crippen molar-refractivity contribution < 1.29 is 27.4 Å². The zero-order valence-electron chi connectivity index (χ0n) is 18.1. The maximum Gasteiger partial charge on any atom is 0.573 e. The molecule has 33 heavy (non-hydrogen) atoms. The molecule has 1 saturated heterocycles. The molecule has 0 spiro atoms. The average molecular weight is 462 g/mol. The van der Waals surface area contributed by atoms with Gasteiger partial charge in [-0.25, -0.2) is 4.98 Å². The van der Waals surface area contributed by atoms with E-state index in [2.05, 4.69) is 15.1 Å². The second-order valence-corrected chi connectivity index (χ2v) is 7.90. The summed E-state index contributed by atoms with van der Waals surface area (Å²) in [6, 6.07) is 5.47. The molecule has 2 aromatic rings. The van der Waals surface area contributed by atoms with Gasteiger partial charge >= 0.3 is 6.36 Å². The van der Waals surface area contributed by atoms with Crippen LogP contribution in [0.4, 0.5) is 13.2 Å². The molecule has 1 atom stereocenters. The summed E-state index contributed by atoms with van der Waals surface area (Å²) >= 11 is 0. The summed E-state index contributed by atoms with van der Waals surface area (Å²) in [7, 11) is 0. The fraction of sp³-hybridized carbons (Fsp3) is 0.391. The number of alkyl halides is 3. The van der Waals surface area contributed by atoms with Crippen LogP contribution in [0, 0.1) is 6.92 Å². The molecule has 176 valence electrons. The van der Waals surface area contributed by atoms with Gasteiger partial charge in [0.2, 0.25) is 0 Å². The van der Waals surface area contributed by atoms with Crippen LogP contribution in [0.15, 0.2) is 48.7 Å². The van der Waals surface area contributed by atoms with Crippen molar-refractivity contribution in [3.63, 3.8) is 0 Å². The first-order valence-corrected chi connectivity index (χ1v) is 10.8. The predicted octanol–water partition coefficient (Wildman–Crippen LogP) is 4.36. The van der Waals surface area contributed by atoms with Gasteiger partial charge in [-0.05, 0) is 56.5 Å². The first-order valence-electron chi connectivity index (χ1n) is 10.8. The Kier molecular flexibility index (Phi) is 6.73. The third-order valence-corrected chi connectivity index (χ3v) is 5.50. The fourth-order valence-electron chi connectivity index (χ4n) is 3.89. The van der Waals surface area contributed by atoms with Crippen molar-refractivity contribution in [3.8, 4) is 17.1 Å². The van der Waals surface area contributed by atoms with Crippen molar-refractivity contribution in [1.82, 2.24) is 20.0 Å². The molecule has 2 aliphatic heterocycles. The van der Waals surface area contributed by atoms with Crippen molar-refractivity contribution in [3.05, 3.63) is 60.1 Å². The van der Waals surface area contributed by atoms with Crippen LogP contribution in [0.5, 0.6) is 5.75 Å². The second kappa shape index (κ2) is 9.70. The minimum Gasteiger partial charge on any atom is -0.406 e. The molecule has 1 N–H and O–H groups in total. The molecule has 0 saturated carbocycles. The van der Waals surface area contributed by atoms with Gasteiger partial charge in [0.1, 0.15) is 11.6 Å². The van der Waals surface area contributed by atoms with Crippen molar-refractivity contribution in [2.75, 3.05) is 13.2 Å². The third-order valence-electron chi connectivity index (χ3n) is 5.50. The minimum absolute atomic E-state index is 0.0238. The lowest BCUT2D eigenvalue weighted by molar-refractivity contribution is -0.274. The summed E-state index contributed by atoms with van der Waals surface area (Å²) < 4.78 is 49.3. The van der Waals surface area contributed by atoms with Crippen LogP contribution in [0.1, 0.15) is 35.4 Å². The molecule has 1 amide bonds. The van der Waals surface area contributed by atoms with Gasteiger partial charge < -0.3 is 14.0 Å². The number of hydrogen-bond acceptors (Lipinski definition) is 5. The number of rotatable bonds is 6. The van der Waals surface area contributed by atoms with E-state index in [0.717, 1.165) is 19.3 Å². The quantitative estimate of drug-likeness (QED) is 0.691. The number of ether oxygens (including phenoxy) is 2. The number of carbonyl (C=O) groups is 1. The predicted molar refractivity (Wildman–Crippen MR) is 115 cm³/mol. The monoisotopic (exact) mass is 462 g/mol. The Bertz CT molecular complexity index is 1040. The summed E-state index contributed by atoms with van der Waals surface area (Å²) in [6.45, 7) is 3.51. The van der Waals surface area contributed by atoms with Gasteiger partial charge in [0.15, 0.2) is 5.69 Å². The molecule has 2 aliphatic rings. The molecule has 3 heterocycles. The smallest absolute Gasteiger partial charge is 0.406 e. The molecule has 0 aliphatic carbocycles. The van der Waals surface area contributed by atoms with Gasteiger partial charge in [0.05, 0.1) is 19.2 Å². The number of imidazole rings is 1. The Balaban J connectivity index is 1.63. The molecular formula is C23H25F3N4O3. The van der Waals surface area contributed by atoms with Gasteiger partial charge in [-0.15, -0.1) is 13.2 Å². The van der Waals surface area contributed by atoms with Crippen LogP contribution in [0.3, 0.4) is 0 Å². The van der Waals surface area contributed by atoms with Gasteiger partial charge in [0, 0.05) is 24.1 Å². The normalized spacial score (nSPS) is 18.4. The highest BCUT2D eigenvalue weighted by Crippen LogP contribution is 2.29. The topological polar surface area (TPSA) is 68.6 Å². The molecular weight excluding hydrogens is 437 g/mol. The van der Waals surface area contributed by atoms with Gasteiger partial charge in [-0.2, -0.15) is 0 Å². The lowest BCUT2D eigenvalue weighted by atomic mass is 10.1. The Morgan fingerprint density at radius 3 is 2.67 bits per heavy atom. The number of aromatic nitrogens is 2. The molecule has 0 bridgehead atoms.